The first-order chi connectivity index (χ1) is 10.1. The summed E-state index contributed by atoms with van der Waals surface area (Å²) < 4.78 is 27.4. The van der Waals surface area contributed by atoms with Gasteiger partial charge in [0.05, 0.1) is 0 Å². The van der Waals surface area contributed by atoms with Crippen LogP contribution in [0, 0.1) is 0 Å². The van der Waals surface area contributed by atoms with Crippen molar-refractivity contribution in [1.29, 1.82) is 0 Å². The van der Waals surface area contributed by atoms with E-state index in [1.165, 1.54) is 24.2 Å². The lowest BCUT2D eigenvalue weighted by molar-refractivity contribution is 0.437. The van der Waals surface area contributed by atoms with Crippen LogP contribution < -0.4 is 5.32 Å². The van der Waals surface area contributed by atoms with Gasteiger partial charge in [-0.1, -0.05) is 6.08 Å². The lowest BCUT2D eigenvalue weighted by atomic mass is 10.3. The van der Waals surface area contributed by atoms with E-state index in [1.54, 1.807) is 16.4 Å². The zero-order chi connectivity index (χ0) is 14.9. The fraction of sp³-hybridized carbons (Fsp3) is 0.600. The van der Waals surface area contributed by atoms with Crippen molar-refractivity contribution in [1.82, 2.24) is 9.62 Å². The summed E-state index contributed by atoms with van der Waals surface area (Å²) in [6, 6.07) is 4.58. The molecule has 0 aromatic carbocycles. The number of nitrogens with one attached hydrogen (secondary N) is 1. The molecule has 0 amide bonds. The van der Waals surface area contributed by atoms with Crippen LogP contribution in [0.25, 0.3) is 0 Å². The van der Waals surface area contributed by atoms with Gasteiger partial charge in [0, 0.05) is 30.1 Å². The van der Waals surface area contributed by atoms with Crippen LogP contribution in [0.2, 0.25) is 0 Å². The summed E-state index contributed by atoms with van der Waals surface area (Å²) >= 11 is 1.41. The highest BCUT2D eigenvalue weighted by atomic mass is 32.2. The molecule has 0 saturated heterocycles. The molecule has 6 heteroatoms. The van der Waals surface area contributed by atoms with Crippen molar-refractivity contribution in [2.75, 3.05) is 13.1 Å². The van der Waals surface area contributed by atoms with Crippen LogP contribution in [0.1, 0.15) is 30.6 Å². The number of thiophene rings is 1. The molecular weight excluding hydrogens is 304 g/mol. The van der Waals surface area contributed by atoms with Crippen molar-refractivity contribution < 1.29 is 8.42 Å². The number of nitrogens with zero attached hydrogens (tertiary/aromatic N) is 1. The van der Waals surface area contributed by atoms with Crippen molar-refractivity contribution in [3.63, 3.8) is 0 Å². The lowest BCUT2D eigenvalue weighted by Crippen LogP contribution is -2.32. The Hall–Kier alpha value is -0.690. The molecule has 3 rings (SSSR count). The molecule has 0 radical (unpaired) electrons. The smallest absolute Gasteiger partial charge is 0.253 e. The zero-order valence-corrected chi connectivity index (χ0v) is 13.8. The maximum Gasteiger partial charge on any atom is 0.253 e. The van der Waals surface area contributed by atoms with E-state index >= 15 is 0 Å². The van der Waals surface area contributed by atoms with Gasteiger partial charge in [-0.05, 0) is 44.2 Å². The molecule has 0 unspecified atom stereocenters. The number of hydrogen-bond donors (Lipinski definition) is 1. The van der Waals surface area contributed by atoms with Crippen molar-refractivity contribution in [3.05, 3.63) is 29.7 Å². The Morgan fingerprint density at radius 3 is 2.71 bits per heavy atom. The van der Waals surface area contributed by atoms with Crippen molar-refractivity contribution >= 4 is 21.4 Å². The molecule has 116 valence electrons. The van der Waals surface area contributed by atoms with Gasteiger partial charge in [0.1, 0.15) is 4.21 Å². The molecular formula is C15H22N2O2S2. The molecule has 2 saturated carbocycles. The summed E-state index contributed by atoms with van der Waals surface area (Å²) in [5.41, 5.74) is 0. The van der Waals surface area contributed by atoms with Gasteiger partial charge in [0.25, 0.3) is 10.0 Å². The molecule has 0 spiro atoms. The van der Waals surface area contributed by atoms with Gasteiger partial charge >= 0.3 is 0 Å². The fourth-order valence-electron chi connectivity index (χ4n) is 2.37. The summed E-state index contributed by atoms with van der Waals surface area (Å²) in [7, 11) is -3.35. The Morgan fingerprint density at radius 2 is 2.10 bits per heavy atom. The molecule has 1 aromatic heterocycles. The third kappa shape index (κ3) is 3.74. The maximum absolute atomic E-state index is 12.7. The van der Waals surface area contributed by atoms with Gasteiger partial charge in [-0.2, -0.15) is 4.31 Å². The topological polar surface area (TPSA) is 49.4 Å². The minimum Gasteiger partial charge on any atom is -0.314 e. The molecule has 0 atom stereocenters. The first-order valence-corrected chi connectivity index (χ1v) is 9.82. The van der Waals surface area contributed by atoms with Crippen molar-refractivity contribution in [2.45, 2.75) is 48.4 Å². The minimum absolute atomic E-state index is 0.176. The Kier molecular flexibility index (Phi) is 4.49. The molecule has 1 N–H and O–H groups in total. The fourth-order valence-corrected chi connectivity index (χ4v) is 5.51. The van der Waals surface area contributed by atoms with Crippen LogP contribution in [0.15, 0.2) is 29.0 Å². The van der Waals surface area contributed by atoms with Gasteiger partial charge in [-0.25, -0.2) is 8.42 Å². The van der Waals surface area contributed by atoms with Gasteiger partial charge in [-0.3, -0.25) is 0 Å². The quantitative estimate of drug-likeness (QED) is 0.709. The van der Waals surface area contributed by atoms with E-state index in [1.807, 2.05) is 6.07 Å². The molecule has 1 aromatic rings. The van der Waals surface area contributed by atoms with E-state index in [2.05, 4.69) is 11.9 Å². The summed E-state index contributed by atoms with van der Waals surface area (Å²) in [5.74, 6) is 0. The highest BCUT2D eigenvalue weighted by molar-refractivity contribution is 7.91. The second-order valence-electron chi connectivity index (χ2n) is 5.79. The third-order valence-electron chi connectivity index (χ3n) is 3.84. The first kappa shape index (κ1) is 15.2. The second kappa shape index (κ2) is 6.20. The largest absolute Gasteiger partial charge is 0.314 e. The van der Waals surface area contributed by atoms with Crippen LogP contribution in [0.4, 0.5) is 0 Å². The van der Waals surface area contributed by atoms with E-state index in [0.717, 1.165) is 30.7 Å². The van der Waals surface area contributed by atoms with Crippen LogP contribution in [0.3, 0.4) is 0 Å². The molecule has 21 heavy (non-hydrogen) atoms. The van der Waals surface area contributed by atoms with Crippen molar-refractivity contribution in [3.8, 4) is 0 Å². The first-order valence-electron chi connectivity index (χ1n) is 7.56. The predicted molar refractivity (Wildman–Crippen MR) is 86.2 cm³/mol. The maximum atomic E-state index is 12.7. The normalized spacial score (nSPS) is 19.1. The molecule has 2 aliphatic rings. The standard InChI is InChI=1S/C15H22N2O2S2/c1-2-11-17(13-5-6-13)21(18,19)15-8-7-14(20-15)9-10-16-12-3-4-12/h2,7-8,12-13,16H,1,3-6,9-11H2. The molecule has 4 nitrogen and oxygen atoms in total. The molecule has 0 aliphatic heterocycles. The Bertz CT molecular complexity index is 601. The molecule has 1 heterocycles. The van der Waals surface area contributed by atoms with Gasteiger partial charge in [-0.15, -0.1) is 17.9 Å². The highest BCUT2D eigenvalue weighted by Crippen LogP contribution is 2.34. The second-order valence-corrected chi connectivity index (χ2v) is 9.08. The summed E-state index contributed by atoms with van der Waals surface area (Å²) in [5, 5.41) is 3.46. The minimum atomic E-state index is -3.35. The number of rotatable bonds is 9. The van der Waals surface area contributed by atoms with Crippen LogP contribution in [-0.4, -0.2) is 37.9 Å². The van der Waals surface area contributed by atoms with Gasteiger partial charge < -0.3 is 5.32 Å². The summed E-state index contributed by atoms with van der Waals surface area (Å²) in [6.07, 6.45) is 7.07. The Labute approximate surface area is 130 Å². The lowest BCUT2D eigenvalue weighted by Gasteiger charge is -2.18. The zero-order valence-electron chi connectivity index (χ0n) is 12.1. The molecule has 0 bridgehead atoms. The van der Waals surface area contributed by atoms with E-state index in [-0.39, 0.29) is 6.04 Å². The average molecular weight is 326 g/mol. The van der Waals surface area contributed by atoms with Gasteiger partial charge in [0.15, 0.2) is 0 Å². The van der Waals surface area contributed by atoms with Crippen molar-refractivity contribution in [2.24, 2.45) is 0 Å². The molecule has 2 aliphatic carbocycles. The predicted octanol–water partition coefficient (Wildman–Crippen LogP) is 2.38. The van der Waals surface area contributed by atoms with Crippen LogP contribution >= 0.6 is 11.3 Å². The summed E-state index contributed by atoms with van der Waals surface area (Å²) in [6.45, 7) is 5.02. The Morgan fingerprint density at radius 1 is 1.33 bits per heavy atom. The number of sulfonamides is 1. The summed E-state index contributed by atoms with van der Waals surface area (Å²) in [4.78, 5) is 1.14. The average Bonchev–Trinajstić information content (AvgIpc) is 3.36. The highest BCUT2D eigenvalue weighted by Gasteiger charge is 2.37. The van der Waals surface area contributed by atoms with Gasteiger partial charge in [0.2, 0.25) is 0 Å². The SMILES string of the molecule is C=CCN(C1CC1)S(=O)(=O)c1ccc(CCNC2CC2)s1. The number of hydrogen-bond acceptors (Lipinski definition) is 4. The third-order valence-corrected chi connectivity index (χ3v) is 7.38. The van der Waals surface area contributed by atoms with Crippen LogP contribution in [0.5, 0.6) is 0 Å². The van der Waals surface area contributed by atoms with E-state index in [0.29, 0.717) is 16.8 Å². The van der Waals surface area contributed by atoms with E-state index < -0.39 is 10.0 Å². The van der Waals surface area contributed by atoms with E-state index in [4.69, 9.17) is 0 Å². The Balaban J connectivity index is 1.66. The van der Waals surface area contributed by atoms with Crippen LogP contribution in [-0.2, 0) is 16.4 Å². The molecule has 2 fully saturated rings. The monoisotopic (exact) mass is 326 g/mol. The van der Waals surface area contributed by atoms with E-state index in [9.17, 15) is 8.42 Å².